The fraction of sp³-hybridized carbons (Fsp3) is 0.250. The highest BCUT2D eigenvalue weighted by Gasteiger charge is 2.22. The second kappa shape index (κ2) is 6.23. The standard InChI is InChI=1S/C16H16ClN3O2/c17-14-2-1-3-15(12-14)18-8-10-19(11-9-18)16(21)13-4-6-20(22)7-5-13/h1-7,12H,8-11H2. The van der Waals surface area contributed by atoms with Crippen molar-refractivity contribution in [2.45, 2.75) is 0 Å². The van der Waals surface area contributed by atoms with Crippen molar-refractivity contribution in [2.24, 2.45) is 0 Å². The summed E-state index contributed by atoms with van der Waals surface area (Å²) in [4.78, 5) is 16.4. The van der Waals surface area contributed by atoms with Crippen LogP contribution in [0.1, 0.15) is 10.4 Å². The number of rotatable bonds is 2. The van der Waals surface area contributed by atoms with Crippen molar-refractivity contribution >= 4 is 23.2 Å². The first-order chi connectivity index (χ1) is 10.6. The first-order valence-electron chi connectivity index (χ1n) is 7.12. The van der Waals surface area contributed by atoms with E-state index in [0.717, 1.165) is 18.8 Å². The Morgan fingerprint density at radius 2 is 1.77 bits per heavy atom. The van der Waals surface area contributed by atoms with Gasteiger partial charge in [-0.1, -0.05) is 17.7 Å². The van der Waals surface area contributed by atoms with Crippen LogP contribution in [0.4, 0.5) is 5.69 Å². The molecule has 2 heterocycles. The number of anilines is 1. The summed E-state index contributed by atoms with van der Waals surface area (Å²) in [7, 11) is 0. The first kappa shape index (κ1) is 14.7. The van der Waals surface area contributed by atoms with Crippen molar-refractivity contribution in [3.8, 4) is 0 Å². The largest absolute Gasteiger partial charge is 0.619 e. The number of hydrogen-bond acceptors (Lipinski definition) is 3. The molecule has 22 heavy (non-hydrogen) atoms. The van der Waals surface area contributed by atoms with Crippen LogP contribution >= 0.6 is 11.6 Å². The molecule has 1 fully saturated rings. The molecule has 0 aliphatic carbocycles. The summed E-state index contributed by atoms with van der Waals surface area (Å²) in [6.07, 6.45) is 2.69. The van der Waals surface area contributed by atoms with Gasteiger partial charge in [0, 0.05) is 49.0 Å². The smallest absolute Gasteiger partial charge is 0.254 e. The molecule has 0 spiro atoms. The van der Waals surface area contributed by atoms with Gasteiger partial charge in [0.2, 0.25) is 0 Å². The molecule has 1 aliphatic rings. The molecule has 1 saturated heterocycles. The van der Waals surface area contributed by atoms with Crippen molar-refractivity contribution in [3.63, 3.8) is 0 Å². The van der Waals surface area contributed by atoms with Gasteiger partial charge < -0.3 is 15.0 Å². The van der Waals surface area contributed by atoms with E-state index in [0.29, 0.717) is 28.4 Å². The van der Waals surface area contributed by atoms with Crippen molar-refractivity contribution in [1.29, 1.82) is 0 Å². The zero-order chi connectivity index (χ0) is 15.5. The van der Waals surface area contributed by atoms with Gasteiger partial charge in [-0.05, 0) is 18.2 Å². The minimum absolute atomic E-state index is 0.0358. The lowest BCUT2D eigenvalue weighted by Gasteiger charge is -2.36. The molecule has 3 rings (SSSR count). The number of halogens is 1. The molecule has 0 radical (unpaired) electrons. The lowest BCUT2D eigenvalue weighted by molar-refractivity contribution is -0.605. The average Bonchev–Trinajstić information content (AvgIpc) is 2.55. The lowest BCUT2D eigenvalue weighted by atomic mass is 10.2. The number of piperazine rings is 1. The third kappa shape index (κ3) is 3.14. The van der Waals surface area contributed by atoms with Crippen LogP contribution in [0.2, 0.25) is 5.02 Å². The van der Waals surface area contributed by atoms with Crippen LogP contribution in [0, 0.1) is 5.21 Å². The predicted octanol–water partition coefficient (Wildman–Crippen LogP) is 1.94. The average molecular weight is 318 g/mol. The Morgan fingerprint density at radius 3 is 2.41 bits per heavy atom. The van der Waals surface area contributed by atoms with Crippen LogP contribution < -0.4 is 9.63 Å². The van der Waals surface area contributed by atoms with Crippen LogP contribution in [-0.4, -0.2) is 37.0 Å². The van der Waals surface area contributed by atoms with E-state index in [1.807, 2.05) is 29.2 Å². The van der Waals surface area contributed by atoms with Gasteiger partial charge in [0.1, 0.15) is 0 Å². The highest BCUT2D eigenvalue weighted by atomic mass is 35.5. The van der Waals surface area contributed by atoms with E-state index in [-0.39, 0.29) is 5.91 Å². The topological polar surface area (TPSA) is 50.5 Å². The Bertz CT molecular complexity index is 667. The molecule has 1 aliphatic heterocycles. The summed E-state index contributed by atoms with van der Waals surface area (Å²) in [5.41, 5.74) is 1.62. The maximum Gasteiger partial charge on any atom is 0.254 e. The summed E-state index contributed by atoms with van der Waals surface area (Å²) in [6, 6.07) is 10.8. The molecule has 114 valence electrons. The molecule has 0 atom stereocenters. The summed E-state index contributed by atoms with van der Waals surface area (Å²) in [5.74, 6) is -0.0358. The molecule has 1 amide bonds. The van der Waals surface area contributed by atoms with Crippen molar-refractivity contribution in [1.82, 2.24) is 4.90 Å². The van der Waals surface area contributed by atoms with E-state index < -0.39 is 0 Å². The fourth-order valence-corrected chi connectivity index (χ4v) is 2.76. The van der Waals surface area contributed by atoms with Crippen LogP contribution in [-0.2, 0) is 0 Å². The molecule has 5 nitrogen and oxygen atoms in total. The number of carbonyl (C=O) groups is 1. The third-order valence-corrected chi connectivity index (χ3v) is 4.02. The third-order valence-electron chi connectivity index (χ3n) is 3.79. The summed E-state index contributed by atoms with van der Waals surface area (Å²) >= 11 is 6.02. The highest BCUT2D eigenvalue weighted by Crippen LogP contribution is 2.21. The molecule has 1 aromatic heterocycles. The molecule has 6 heteroatoms. The Hall–Kier alpha value is -2.27. The van der Waals surface area contributed by atoms with E-state index in [4.69, 9.17) is 11.6 Å². The van der Waals surface area contributed by atoms with Gasteiger partial charge in [-0.25, -0.2) is 0 Å². The molecule has 0 saturated carbocycles. The number of aromatic nitrogens is 1. The molecule has 2 aromatic rings. The zero-order valence-electron chi connectivity index (χ0n) is 12.0. The Labute approximate surface area is 133 Å². The van der Waals surface area contributed by atoms with Crippen LogP contribution in [0.25, 0.3) is 0 Å². The van der Waals surface area contributed by atoms with E-state index in [2.05, 4.69) is 4.90 Å². The number of hydrogen-bond donors (Lipinski definition) is 0. The lowest BCUT2D eigenvalue weighted by Crippen LogP contribution is -2.48. The quantitative estimate of drug-likeness (QED) is 0.628. The second-order valence-electron chi connectivity index (χ2n) is 5.21. The van der Waals surface area contributed by atoms with Gasteiger partial charge in [-0.2, -0.15) is 4.73 Å². The maximum absolute atomic E-state index is 12.4. The zero-order valence-corrected chi connectivity index (χ0v) is 12.7. The summed E-state index contributed by atoms with van der Waals surface area (Å²) in [6.45, 7) is 2.83. The number of pyridine rings is 1. The van der Waals surface area contributed by atoms with E-state index in [9.17, 15) is 10.0 Å². The molecule has 0 N–H and O–H groups in total. The summed E-state index contributed by atoms with van der Waals surface area (Å²) in [5, 5.41) is 11.7. The van der Waals surface area contributed by atoms with E-state index >= 15 is 0 Å². The highest BCUT2D eigenvalue weighted by molar-refractivity contribution is 6.30. The van der Waals surface area contributed by atoms with Crippen LogP contribution in [0.15, 0.2) is 48.8 Å². The van der Waals surface area contributed by atoms with Gasteiger partial charge in [-0.3, -0.25) is 4.79 Å². The van der Waals surface area contributed by atoms with Crippen molar-refractivity contribution in [2.75, 3.05) is 31.1 Å². The maximum atomic E-state index is 12.4. The van der Waals surface area contributed by atoms with Gasteiger partial charge >= 0.3 is 0 Å². The van der Waals surface area contributed by atoms with Gasteiger partial charge in [0.25, 0.3) is 5.91 Å². The Morgan fingerprint density at radius 1 is 1.09 bits per heavy atom. The van der Waals surface area contributed by atoms with Gasteiger partial charge in [-0.15, -0.1) is 0 Å². The Balaban J connectivity index is 1.64. The molecule has 0 unspecified atom stereocenters. The van der Waals surface area contributed by atoms with E-state index in [1.54, 1.807) is 12.1 Å². The summed E-state index contributed by atoms with van der Waals surface area (Å²) < 4.78 is 0.674. The fourth-order valence-electron chi connectivity index (χ4n) is 2.58. The van der Waals surface area contributed by atoms with Gasteiger partial charge in [0.05, 0.1) is 5.56 Å². The SMILES string of the molecule is O=C(c1cc[n+]([O-])cc1)N1CCN(c2cccc(Cl)c2)CC1. The molecule has 0 bridgehead atoms. The normalized spacial score (nSPS) is 15.0. The minimum Gasteiger partial charge on any atom is -0.619 e. The molecular weight excluding hydrogens is 302 g/mol. The van der Waals surface area contributed by atoms with Crippen LogP contribution in [0.3, 0.4) is 0 Å². The number of amides is 1. The monoisotopic (exact) mass is 317 g/mol. The van der Waals surface area contributed by atoms with E-state index in [1.165, 1.54) is 12.4 Å². The van der Waals surface area contributed by atoms with Crippen molar-refractivity contribution in [3.05, 3.63) is 64.6 Å². The predicted molar refractivity (Wildman–Crippen MR) is 85.0 cm³/mol. The van der Waals surface area contributed by atoms with Crippen LogP contribution in [0.5, 0.6) is 0 Å². The van der Waals surface area contributed by atoms with Crippen molar-refractivity contribution < 1.29 is 9.52 Å². The molecule has 1 aromatic carbocycles. The number of carbonyl (C=O) groups excluding carboxylic acids is 1. The second-order valence-corrected chi connectivity index (χ2v) is 5.64. The molecular formula is C16H16ClN3O2. The Kier molecular flexibility index (Phi) is 4.15. The number of benzene rings is 1. The first-order valence-corrected chi connectivity index (χ1v) is 7.50. The minimum atomic E-state index is -0.0358. The number of nitrogens with zero attached hydrogens (tertiary/aromatic N) is 3. The van der Waals surface area contributed by atoms with Gasteiger partial charge in [0.15, 0.2) is 12.4 Å².